The predicted octanol–water partition coefficient (Wildman–Crippen LogP) is 5.09. The number of amides is 1. The van der Waals surface area contributed by atoms with Crippen molar-refractivity contribution in [2.45, 2.75) is 58.0 Å². The average molecular weight is 445 g/mol. The van der Waals surface area contributed by atoms with Gasteiger partial charge in [0.1, 0.15) is 5.82 Å². The fourth-order valence-corrected chi connectivity index (χ4v) is 5.51. The van der Waals surface area contributed by atoms with E-state index in [1.165, 1.54) is 43.2 Å². The number of benzene rings is 2. The molecule has 1 amide bonds. The molecule has 174 valence electrons. The molecule has 0 unspecified atom stereocenters. The second-order valence-corrected chi connectivity index (χ2v) is 9.79. The third-order valence-corrected chi connectivity index (χ3v) is 7.50. The fraction of sp³-hybridized carbons (Fsp3) is 0.500. The van der Waals surface area contributed by atoms with Crippen LogP contribution in [0.1, 0.15) is 56.3 Å². The van der Waals surface area contributed by atoms with Crippen molar-refractivity contribution < 1.29 is 4.79 Å². The number of carbonyl (C=O) groups is 1. The number of fused-ring (bicyclic) bond motifs is 1. The molecule has 1 aliphatic heterocycles. The van der Waals surface area contributed by atoms with E-state index in [-0.39, 0.29) is 0 Å². The lowest BCUT2D eigenvalue weighted by Gasteiger charge is -2.35. The SMILES string of the molecule is O=C(CCC1CCCCC1)N1CCN(Cc2nc3ccccc3n2Cc2ccccc2)CC1. The van der Waals surface area contributed by atoms with Gasteiger partial charge in [-0.15, -0.1) is 0 Å². The van der Waals surface area contributed by atoms with Crippen LogP contribution in [0.3, 0.4) is 0 Å². The van der Waals surface area contributed by atoms with Crippen LogP contribution in [0.5, 0.6) is 0 Å². The predicted molar refractivity (Wildman–Crippen MR) is 133 cm³/mol. The van der Waals surface area contributed by atoms with Crippen molar-refractivity contribution in [3.8, 4) is 0 Å². The second kappa shape index (κ2) is 10.5. The van der Waals surface area contributed by atoms with E-state index in [1.807, 2.05) is 0 Å². The minimum absolute atomic E-state index is 0.358. The second-order valence-electron chi connectivity index (χ2n) is 9.79. The quantitative estimate of drug-likeness (QED) is 0.510. The van der Waals surface area contributed by atoms with Gasteiger partial charge in [0.15, 0.2) is 0 Å². The number of nitrogens with zero attached hydrogens (tertiary/aromatic N) is 4. The number of rotatable bonds is 7. The average Bonchev–Trinajstić information content (AvgIpc) is 3.21. The molecular formula is C28H36N4O. The molecular weight excluding hydrogens is 408 g/mol. The van der Waals surface area contributed by atoms with Crippen LogP contribution in [0.15, 0.2) is 54.6 Å². The number of piperazine rings is 1. The fourth-order valence-electron chi connectivity index (χ4n) is 5.51. The van der Waals surface area contributed by atoms with E-state index < -0.39 is 0 Å². The van der Waals surface area contributed by atoms with E-state index in [2.05, 4.69) is 69.0 Å². The maximum absolute atomic E-state index is 12.8. The maximum atomic E-state index is 12.8. The zero-order valence-electron chi connectivity index (χ0n) is 19.7. The molecule has 1 saturated heterocycles. The van der Waals surface area contributed by atoms with Gasteiger partial charge < -0.3 is 9.47 Å². The Morgan fingerprint density at radius 2 is 1.58 bits per heavy atom. The molecule has 2 fully saturated rings. The van der Waals surface area contributed by atoms with Crippen LogP contribution in [0.4, 0.5) is 0 Å². The number of carbonyl (C=O) groups excluding carboxylic acids is 1. The van der Waals surface area contributed by atoms with E-state index >= 15 is 0 Å². The summed E-state index contributed by atoms with van der Waals surface area (Å²) in [7, 11) is 0. The molecule has 2 heterocycles. The summed E-state index contributed by atoms with van der Waals surface area (Å²) < 4.78 is 2.35. The number of hydrogen-bond donors (Lipinski definition) is 0. The standard InChI is InChI=1S/C28H36N4O/c33-28(16-15-23-9-3-1-4-10-23)31-19-17-30(18-20-31)22-27-29-25-13-7-8-14-26(25)32(27)21-24-11-5-2-6-12-24/h2,5-8,11-14,23H,1,3-4,9-10,15-22H2. The zero-order chi connectivity index (χ0) is 22.5. The molecule has 3 aromatic rings. The smallest absolute Gasteiger partial charge is 0.222 e. The summed E-state index contributed by atoms with van der Waals surface area (Å²) in [5, 5.41) is 0. The summed E-state index contributed by atoms with van der Waals surface area (Å²) in [6, 6.07) is 19.0. The van der Waals surface area contributed by atoms with Crippen molar-refractivity contribution in [2.24, 2.45) is 5.92 Å². The van der Waals surface area contributed by atoms with Crippen LogP contribution in [-0.2, 0) is 17.9 Å². The van der Waals surface area contributed by atoms with E-state index in [0.29, 0.717) is 5.91 Å². The molecule has 0 spiro atoms. The molecule has 5 heteroatoms. The Labute approximate surface area is 197 Å². The Hall–Kier alpha value is -2.66. The summed E-state index contributed by atoms with van der Waals surface area (Å²) >= 11 is 0. The van der Waals surface area contributed by atoms with Crippen molar-refractivity contribution in [1.29, 1.82) is 0 Å². The van der Waals surface area contributed by atoms with Gasteiger partial charge in [-0.05, 0) is 30.0 Å². The maximum Gasteiger partial charge on any atom is 0.222 e. The molecule has 33 heavy (non-hydrogen) atoms. The van der Waals surface area contributed by atoms with Gasteiger partial charge in [0.25, 0.3) is 0 Å². The molecule has 0 atom stereocenters. The topological polar surface area (TPSA) is 41.4 Å². The van der Waals surface area contributed by atoms with Gasteiger partial charge in [-0.3, -0.25) is 9.69 Å². The highest BCUT2D eigenvalue weighted by Gasteiger charge is 2.24. The molecule has 2 aromatic carbocycles. The van der Waals surface area contributed by atoms with Crippen LogP contribution in [0.2, 0.25) is 0 Å². The first-order valence-corrected chi connectivity index (χ1v) is 12.7. The highest BCUT2D eigenvalue weighted by Crippen LogP contribution is 2.27. The minimum atomic E-state index is 0.358. The summed E-state index contributed by atoms with van der Waals surface area (Å²) in [5.41, 5.74) is 3.53. The first-order chi connectivity index (χ1) is 16.3. The van der Waals surface area contributed by atoms with Gasteiger partial charge in [-0.25, -0.2) is 4.98 Å². The van der Waals surface area contributed by atoms with Gasteiger partial charge in [-0.2, -0.15) is 0 Å². The summed E-state index contributed by atoms with van der Waals surface area (Å²) in [4.78, 5) is 22.3. The molecule has 5 rings (SSSR count). The van der Waals surface area contributed by atoms with Gasteiger partial charge in [0.2, 0.25) is 5.91 Å². The lowest BCUT2D eigenvalue weighted by Crippen LogP contribution is -2.48. The molecule has 0 bridgehead atoms. The Morgan fingerprint density at radius 3 is 2.36 bits per heavy atom. The molecule has 1 aliphatic carbocycles. The first kappa shape index (κ1) is 22.1. The van der Waals surface area contributed by atoms with Crippen LogP contribution in [-0.4, -0.2) is 51.4 Å². The Morgan fingerprint density at radius 1 is 0.848 bits per heavy atom. The third-order valence-electron chi connectivity index (χ3n) is 7.50. The normalized spacial score (nSPS) is 18.1. The molecule has 5 nitrogen and oxygen atoms in total. The van der Waals surface area contributed by atoms with Crippen molar-refractivity contribution in [2.75, 3.05) is 26.2 Å². The molecule has 2 aliphatic rings. The largest absolute Gasteiger partial charge is 0.340 e. The van der Waals surface area contributed by atoms with Crippen molar-refractivity contribution in [3.05, 3.63) is 66.0 Å². The number of para-hydroxylation sites is 2. The summed E-state index contributed by atoms with van der Waals surface area (Å²) in [5.74, 6) is 2.25. The van der Waals surface area contributed by atoms with E-state index in [0.717, 1.165) is 69.4 Å². The molecule has 0 N–H and O–H groups in total. The van der Waals surface area contributed by atoms with Crippen LogP contribution >= 0.6 is 0 Å². The molecule has 1 aromatic heterocycles. The number of hydrogen-bond acceptors (Lipinski definition) is 3. The van der Waals surface area contributed by atoms with Crippen LogP contribution < -0.4 is 0 Å². The highest BCUT2D eigenvalue weighted by atomic mass is 16.2. The van der Waals surface area contributed by atoms with E-state index in [4.69, 9.17) is 4.98 Å². The lowest BCUT2D eigenvalue weighted by molar-refractivity contribution is -0.133. The Kier molecular flexibility index (Phi) is 7.06. The number of aromatic nitrogens is 2. The number of imidazole rings is 1. The molecule has 0 radical (unpaired) electrons. The monoisotopic (exact) mass is 444 g/mol. The van der Waals surface area contributed by atoms with Gasteiger partial charge in [0, 0.05) is 39.1 Å². The summed E-state index contributed by atoms with van der Waals surface area (Å²) in [6.07, 6.45) is 8.56. The zero-order valence-corrected chi connectivity index (χ0v) is 19.7. The minimum Gasteiger partial charge on any atom is -0.340 e. The third kappa shape index (κ3) is 5.47. The van der Waals surface area contributed by atoms with Crippen molar-refractivity contribution in [1.82, 2.24) is 19.4 Å². The summed E-state index contributed by atoms with van der Waals surface area (Å²) in [6.45, 7) is 5.17. The first-order valence-electron chi connectivity index (χ1n) is 12.7. The van der Waals surface area contributed by atoms with Gasteiger partial charge in [0.05, 0.1) is 17.6 Å². The Balaban J connectivity index is 1.19. The Bertz CT molecular complexity index is 1050. The molecule has 1 saturated carbocycles. The highest BCUT2D eigenvalue weighted by molar-refractivity contribution is 5.76. The van der Waals surface area contributed by atoms with E-state index in [9.17, 15) is 4.79 Å². The van der Waals surface area contributed by atoms with E-state index in [1.54, 1.807) is 0 Å². The lowest BCUT2D eigenvalue weighted by atomic mass is 9.86. The van der Waals surface area contributed by atoms with Gasteiger partial charge in [-0.1, -0.05) is 74.6 Å². The van der Waals surface area contributed by atoms with Crippen molar-refractivity contribution in [3.63, 3.8) is 0 Å². The van der Waals surface area contributed by atoms with Gasteiger partial charge >= 0.3 is 0 Å². The van der Waals surface area contributed by atoms with Crippen LogP contribution in [0, 0.1) is 5.92 Å². The van der Waals surface area contributed by atoms with Crippen LogP contribution in [0.25, 0.3) is 11.0 Å². The van der Waals surface area contributed by atoms with Crippen molar-refractivity contribution >= 4 is 16.9 Å².